The number of pyridine rings is 1. The van der Waals surface area contributed by atoms with Gasteiger partial charge in [0.2, 0.25) is 5.91 Å². The van der Waals surface area contributed by atoms with Crippen LogP contribution in [0.3, 0.4) is 0 Å². The number of halogens is 2. The molecule has 5 rings (SSSR count). The normalized spacial score (nSPS) is 15.7. The van der Waals surface area contributed by atoms with E-state index >= 15 is 0 Å². The zero-order valence-electron chi connectivity index (χ0n) is 19.8. The Hall–Kier alpha value is -3.38. The summed E-state index contributed by atoms with van der Waals surface area (Å²) in [5.41, 5.74) is 5.85. The van der Waals surface area contributed by atoms with Crippen LogP contribution in [0.5, 0.6) is 0 Å². The van der Waals surface area contributed by atoms with E-state index in [1.165, 1.54) is 11.1 Å². The zero-order chi connectivity index (χ0) is 24.7. The van der Waals surface area contributed by atoms with E-state index in [-0.39, 0.29) is 17.6 Å². The Labute approximate surface area is 212 Å². The highest BCUT2D eigenvalue weighted by atomic mass is 79.9. The Kier molecular flexibility index (Phi) is 6.24. The molecule has 4 nitrogen and oxygen atoms in total. The van der Waals surface area contributed by atoms with Crippen LogP contribution in [0.4, 0.5) is 4.39 Å². The van der Waals surface area contributed by atoms with Crippen LogP contribution in [0.1, 0.15) is 43.1 Å². The lowest BCUT2D eigenvalue weighted by Crippen LogP contribution is -2.31. The summed E-state index contributed by atoms with van der Waals surface area (Å²) in [6.45, 7) is 5.64. The molecule has 0 aliphatic carbocycles. The standard InChI is InChI=1S/C29H25BrFN3O/c1-17(2)29(35)34-26(21-11-7-8-12-23(21)31)16-25(33-34)27-18(3)32-24-14-13-20(30)15-22(24)28(27)19-9-5-4-6-10-19/h4-15,17,26H,16H2,1-3H3. The number of aryl methyl sites for hydroxylation is 1. The monoisotopic (exact) mass is 529 g/mol. The fourth-order valence-corrected chi connectivity index (χ4v) is 5.09. The second kappa shape index (κ2) is 9.34. The molecule has 1 aliphatic heterocycles. The molecule has 1 aliphatic rings. The van der Waals surface area contributed by atoms with E-state index in [4.69, 9.17) is 10.1 Å². The number of carbonyl (C=O) groups is 1. The minimum Gasteiger partial charge on any atom is -0.273 e. The molecule has 0 bridgehead atoms. The smallest absolute Gasteiger partial charge is 0.245 e. The molecular formula is C29H25BrFN3O. The average molecular weight is 530 g/mol. The van der Waals surface area contributed by atoms with Crippen LogP contribution < -0.4 is 0 Å². The second-order valence-corrected chi connectivity index (χ2v) is 10.0. The summed E-state index contributed by atoms with van der Waals surface area (Å²) in [6.07, 6.45) is 0.404. The van der Waals surface area contributed by atoms with Crippen LogP contribution >= 0.6 is 15.9 Å². The van der Waals surface area contributed by atoms with E-state index in [1.54, 1.807) is 18.2 Å². The van der Waals surface area contributed by atoms with Crippen molar-refractivity contribution in [3.8, 4) is 11.1 Å². The fourth-order valence-electron chi connectivity index (χ4n) is 4.73. The van der Waals surface area contributed by atoms with Gasteiger partial charge in [0.15, 0.2) is 0 Å². The minimum absolute atomic E-state index is 0.135. The highest BCUT2D eigenvalue weighted by Gasteiger charge is 2.37. The number of hydrazone groups is 1. The lowest BCUT2D eigenvalue weighted by atomic mass is 9.89. The molecule has 1 aromatic heterocycles. The van der Waals surface area contributed by atoms with E-state index in [1.807, 2.05) is 51.1 Å². The number of rotatable bonds is 4. The molecule has 0 N–H and O–H groups in total. The van der Waals surface area contributed by atoms with Crippen molar-refractivity contribution >= 4 is 38.5 Å². The van der Waals surface area contributed by atoms with E-state index in [2.05, 4.69) is 34.1 Å². The predicted molar refractivity (Wildman–Crippen MR) is 142 cm³/mol. The molecule has 2 heterocycles. The summed E-state index contributed by atoms with van der Waals surface area (Å²) < 4.78 is 15.8. The number of fused-ring (bicyclic) bond motifs is 1. The van der Waals surface area contributed by atoms with Gasteiger partial charge in [0.05, 0.1) is 17.3 Å². The van der Waals surface area contributed by atoms with E-state index < -0.39 is 6.04 Å². The van der Waals surface area contributed by atoms with Gasteiger partial charge in [-0.25, -0.2) is 9.40 Å². The van der Waals surface area contributed by atoms with Gasteiger partial charge in [-0.05, 0) is 36.8 Å². The quantitative estimate of drug-likeness (QED) is 0.275. The molecule has 1 amide bonds. The van der Waals surface area contributed by atoms with Crippen molar-refractivity contribution in [1.29, 1.82) is 0 Å². The first-order chi connectivity index (χ1) is 16.8. The number of hydrogen-bond acceptors (Lipinski definition) is 3. The largest absolute Gasteiger partial charge is 0.273 e. The molecule has 176 valence electrons. The number of aromatic nitrogens is 1. The van der Waals surface area contributed by atoms with Gasteiger partial charge < -0.3 is 0 Å². The van der Waals surface area contributed by atoms with Gasteiger partial charge in [0.25, 0.3) is 0 Å². The van der Waals surface area contributed by atoms with Crippen LogP contribution in [0, 0.1) is 18.7 Å². The van der Waals surface area contributed by atoms with Gasteiger partial charge >= 0.3 is 0 Å². The molecule has 0 saturated carbocycles. The van der Waals surface area contributed by atoms with Gasteiger partial charge in [-0.1, -0.05) is 78.3 Å². The minimum atomic E-state index is -0.512. The molecule has 0 saturated heterocycles. The molecule has 1 atom stereocenters. The molecule has 0 spiro atoms. The number of hydrogen-bond donors (Lipinski definition) is 0. The summed E-state index contributed by atoms with van der Waals surface area (Å²) in [4.78, 5) is 18.1. The van der Waals surface area contributed by atoms with E-state index in [0.717, 1.165) is 43.5 Å². The second-order valence-electron chi connectivity index (χ2n) is 9.10. The van der Waals surface area contributed by atoms with Crippen molar-refractivity contribution < 1.29 is 9.18 Å². The van der Waals surface area contributed by atoms with Crippen molar-refractivity contribution in [2.24, 2.45) is 11.0 Å². The lowest BCUT2D eigenvalue weighted by molar-refractivity contribution is -0.136. The van der Waals surface area contributed by atoms with Crippen molar-refractivity contribution in [3.63, 3.8) is 0 Å². The summed E-state index contributed by atoms with van der Waals surface area (Å²) in [5, 5.41) is 7.30. The molecular weight excluding hydrogens is 505 g/mol. The molecule has 35 heavy (non-hydrogen) atoms. The summed E-state index contributed by atoms with van der Waals surface area (Å²) in [5.74, 6) is -0.743. The molecule has 3 aromatic carbocycles. The highest BCUT2D eigenvalue weighted by Crippen LogP contribution is 2.40. The zero-order valence-corrected chi connectivity index (χ0v) is 21.4. The van der Waals surface area contributed by atoms with Crippen LogP contribution in [0.25, 0.3) is 22.0 Å². The molecule has 4 aromatic rings. The van der Waals surface area contributed by atoms with Crippen molar-refractivity contribution in [3.05, 3.63) is 99.9 Å². The topological polar surface area (TPSA) is 45.6 Å². The van der Waals surface area contributed by atoms with E-state index in [0.29, 0.717) is 12.0 Å². The van der Waals surface area contributed by atoms with Crippen LogP contribution in [-0.2, 0) is 4.79 Å². The Bertz CT molecular complexity index is 1470. The summed E-state index contributed by atoms with van der Waals surface area (Å²) >= 11 is 3.61. The van der Waals surface area contributed by atoms with Gasteiger partial charge in [-0.15, -0.1) is 0 Å². The third-order valence-electron chi connectivity index (χ3n) is 6.37. The van der Waals surface area contributed by atoms with Crippen LogP contribution in [0.15, 0.2) is 82.4 Å². The molecule has 6 heteroatoms. The third kappa shape index (κ3) is 4.27. The average Bonchev–Trinajstić information content (AvgIpc) is 3.28. The third-order valence-corrected chi connectivity index (χ3v) is 6.87. The molecule has 1 unspecified atom stereocenters. The lowest BCUT2D eigenvalue weighted by Gasteiger charge is -2.23. The number of carbonyl (C=O) groups excluding carboxylic acids is 1. The molecule has 0 radical (unpaired) electrons. The fraction of sp³-hybridized carbons (Fsp3) is 0.207. The SMILES string of the molecule is Cc1nc2ccc(Br)cc2c(-c2ccccc2)c1C1=NN(C(=O)C(C)C)C(c2ccccc2F)C1. The number of benzene rings is 3. The van der Waals surface area contributed by atoms with Gasteiger partial charge in [-0.2, -0.15) is 5.10 Å². The first-order valence-electron chi connectivity index (χ1n) is 11.7. The van der Waals surface area contributed by atoms with Crippen molar-refractivity contribution in [2.45, 2.75) is 33.2 Å². The predicted octanol–water partition coefficient (Wildman–Crippen LogP) is 7.45. The first-order valence-corrected chi connectivity index (χ1v) is 12.4. The van der Waals surface area contributed by atoms with Gasteiger partial charge in [0.1, 0.15) is 5.82 Å². The van der Waals surface area contributed by atoms with Crippen LogP contribution in [0.2, 0.25) is 0 Å². The summed E-state index contributed by atoms with van der Waals surface area (Å²) in [7, 11) is 0. The Morgan fingerprint density at radius 2 is 1.74 bits per heavy atom. The maximum absolute atomic E-state index is 14.9. The summed E-state index contributed by atoms with van der Waals surface area (Å²) in [6, 6.07) is 22.3. The van der Waals surface area contributed by atoms with Gasteiger partial charge in [0, 0.05) is 44.6 Å². The number of nitrogens with zero attached hydrogens (tertiary/aromatic N) is 3. The van der Waals surface area contributed by atoms with Crippen LogP contribution in [-0.4, -0.2) is 21.6 Å². The Morgan fingerprint density at radius 1 is 1.03 bits per heavy atom. The maximum atomic E-state index is 14.9. The van der Waals surface area contributed by atoms with Crippen molar-refractivity contribution in [2.75, 3.05) is 0 Å². The molecule has 0 fully saturated rings. The van der Waals surface area contributed by atoms with Gasteiger partial charge in [-0.3, -0.25) is 9.78 Å². The Balaban J connectivity index is 1.75. The Morgan fingerprint density at radius 3 is 2.46 bits per heavy atom. The highest BCUT2D eigenvalue weighted by molar-refractivity contribution is 9.10. The number of amides is 1. The first kappa shape index (κ1) is 23.4. The van der Waals surface area contributed by atoms with Crippen molar-refractivity contribution in [1.82, 2.24) is 9.99 Å². The van der Waals surface area contributed by atoms with E-state index in [9.17, 15) is 9.18 Å². The maximum Gasteiger partial charge on any atom is 0.245 e.